The standard InChI is InChI=1S/C17H14ClNO4/c18-13-7-5-12(6-8-13)11-22-16(20)9-10-19-14-3-1-2-4-15(14)23-17(19)21/h1-8H,9-11H2. The lowest BCUT2D eigenvalue weighted by molar-refractivity contribution is -0.145. The van der Waals surface area contributed by atoms with Gasteiger partial charge in [-0.1, -0.05) is 35.9 Å². The molecule has 0 saturated heterocycles. The number of hydrogen-bond donors (Lipinski definition) is 0. The number of hydrogen-bond acceptors (Lipinski definition) is 4. The fraction of sp³-hybridized carbons (Fsp3) is 0.176. The Morgan fingerprint density at radius 3 is 2.65 bits per heavy atom. The molecule has 6 heteroatoms. The summed E-state index contributed by atoms with van der Waals surface area (Å²) in [5, 5.41) is 0.631. The van der Waals surface area contributed by atoms with E-state index in [0.29, 0.717) is 16.1 Å². The molecule has 0 spiro atoms. The van der Waals surface area contributed by atoms with Crippen molar-refractivity contribution in [3.05, 3.63) is 69.7 Å². The number of aryl methyl sites for hydroxylation is 1. The highest BCUT2D eigenvalue weighted by atomic mass is 35.5. The van der Waals surface area contributed by atoms with Crippen LogP contribution in [0.25, 0.3) is 11.1 Å². The Labute approximate surface area is 137 Å². The van der Waals surface area contributed by atoms with Gasteiger partial charge in [0.05, 0.1) is 11.9 Å². The fourth-order valence-electron chi connectivity index (χ4n) is 2.25. The minimum absolute atomic E-state index is 0.0943. The van der Waals surface area contributed by atoms with Crippen LogP contribution >= 0.6 is 11.6 Å². The van der Waals surface area contributed by atoms with Crippen molar-refractivity contribution < 1.29 is 13.9 Å². The molecule has 23 heavy (non-hydrogen) atoms. The highest BCUT2D eigenvalue weighted by molar-refractivity contribution is 6.30. The summed E-state index contributed by atoms with van der Waals surface area (Å²) in [4.78, 5) is 23.6. The minimum atomic E-state index is -0.475. The lowest BCUT2D eigenvalue weighted by atomic mass is 10.2. The molecular weight excluding hydrogens is 318 g/mol. The summed E-state index contributed by atoms with van der Waals surface area (Å²) in [5.74, 6) is -0.853. The predicted molar refractivity (Wildman–Crippen MR) is 86.3 cm³/mol. The van der Waals surface area contributed by atoms with Crippen molar-refractivity contribution in [3.63, 3.8) is 0 Å². The second-order valence-electron chi connectivity index (χ2n) is 5.02. The van der Waals surface area contributed by atoms with Gasteiger partial charge in [0.1, 0.15) is 6.61 Å². The van der Waals surface area contributed by atoms with E-state index in [9.17, 15) is 9.59 Å². The van der Waals surface area contributed by atoms with Crippen LogP contribution in [0.5, 0.6) is 0 Å². The van der Waals surface area contributed by atoms with Crippen molar-refractivity contribution in [3.8, 4) is 0 Å². The number of ether oxygens (including phenoxy) is 1. The van der Waals surface area contributed by atoms with Gasteiger partial charge in [0, 0.05) is 11.6 Å². The third-order valence-electron chi connectivity index (χ3n) is 3.43. The molecule has 1 heterocycles. The number of aromatic nitrogens is 1. The molecule has 0 aliphatic rings. The van der Waals surface area contributed by atoms with Gasteiger partial charge in [0.15, 0.2) is 5.58 Å². The van der Waals surface area contributed by atoms with Crippen molar-refractivity contribution in [2.45, 2.75) is 19.6 Å². The van der Waals surface area contributed by atoms with Crippen molar-refractivity contribution >= 4 is 28.7 Å². The number of carbonyl (C=O) groups is 1. The molecule has 0 saturated carbocycles. The lowest BCUT2D eigenvalue weighted by Gasteiger charge is -2.05. The van der Waals surface area contributed by atoms with E-state index in [1.807, 2.05) is 6.07 Å². The first kappa shape index (κ1) is 15.4. The predicted octanol–water partition coefficient (Wildman–Crippen LogP) is 3.38. The quantitative estimate of drug-likeness (QED) is 0.672. The molecule has 2 aromatic carbocycles. The van der Waals surface area contributed by atoms with Crippen LogP contribution < -0.4 is 5.76 Å². The van der Waals surface area contributed by atoms with Crippen LogP contribution in [-0.4, -0.2) is 10.5 Å². The van der Waals surface area contributed by atoms with E-state index in [-0.39, 0.29) is 25.5 Å². The number of para-hydroxylation sites is 2. The number of benzene rings is 2. The Morgan fingerprint density at radius 1 is 1.13 bits per heavy atom. The Bertz CT molecular complexity index is 879. The highest BCUT2D eigenvalue weighted by Gasteiger charge is 2.11. The molecule has 1 aromatic heterocycles. The van der Waals surface area contributed by atoms with Crippen LogP contribution in [0.4, 0.5) is 0 Å². The third kappa shape index (κ3) is 3.63. The van der Waals surface area contributed by atoms with Gasteiger partial charge in [-0.05, 0) is 29.8 Å². The molecule has 118 valence electrons. The summed E-state index contributed by atoms with van der Waals surface area (Å²) < 4.78 is 11.7. The molecule has 0 unspecified atom stereocenters. The average Bonchev–Trinajstić information content (AvgIpc) is 2.87. The fourth-order valence-corrected chi connectivity index (χ4v) is 2.37. The summed E-state index contributed by atoms with van der Waals surface area (Å²) in [7, 11) is 0. The molecule has 0 aliphatic carbocycles. The van der Waals surface area contributed by atoms with Gasteiger partial charge in [-0.3, -0.25) is 9.36 Å². The largest absolute Gasteiger partial charge is 0.461 e. The van der Waals surface area contributed by atoms with Crippen LogP contribution in [-0.2, 0) is 22.7 Å². The van der Waals surface area contributed by atoms with Gasteiger partial charge in [-0.25, -0.2) is 4.79 Å². The molecule has 3 rings (SSSR count). The minimum Gasteiger partial charge on any atom is -0.461 e. The summed E-state index contributed by atoms with van der Waals surface area (Å²) >= 11 is 5.79. The van der Waals surface area contributed by atoms with E-state index in [1.54, 1.807) is 42.5 Å². The molecule has 0 amide bonds. The number of fused-ring (bicyclic) bond motifs is 1. The number of oxazole rings is 1. The van der Waals surface area contributed by atoms with Crippen molar-refractivity contribution in [2.75, 3.05) is 0 Å². The zero-order valence-electron chi connectivity index (χ0n) is 12.2. The topological polar surface area (TPSA) is 61.4 Å². The summed E-state index contributed by atoms with van der Waals surface area (Å²) in [6, 6.07) is 14.2. The maximum absolute atomic E-state index is 11.8. The Hall–Kier alpha value is -2.53. The molecule has 5 nitrogen and oxygen atoms in total. The molecule has 3 aromatic rings. The number of halogens is 1. The molecule has 0 bridgehead atoms. The van der Waals surface area contributed by atoms with Gasteiger partial charge in [0.25, 0.3) is 0 Å². The normalized spacial score (nSPS) is 10.8. The van der Waals surface area contributed by atoms with E-state index >= 15 is 0 Å². The van der Waals surface area contributed by atoms with E-state index < -0.39 is 5.76 Å². The number of esters is 1. The zero-order chi connectivity index (χ0) is 16.2. The van der Waals surface area contributed by atoms with E-state index in [2.05, 4.69) is 0 Å². The summed E-state index contributed by atoms with van der Waals surface area (Å²) in [5.41, 5.74) is 2.03. The lowest BCUT2D eigenvalue weighted by Crippen LogP contribution is -2.17. The maximum Gasteiger partial charge on any atom is 0.419 e. The zero-order valence-corrected chi connectivity index (χ0v) is 13.0. The van der Waals surface area contributed by atoms with Crippen LogP contribution in [0.2, 0.25) is 5.02 Å². The van der Waals surface area contributed by atoms with Gasteiger partial charge in [0.2, 0.25) is 0 Å². The molecular formula is C17H14ClNO4. The third-order valence-corrected chi connectivity index (χ3v) is 3.68. The molecule has 0 aliphatic heterocycles. The number of nitrogens with zero attached hydrogens (tertiary/aromatic N) is 1. The molecule has 0 fully saturated rings. The molecule has 0 atom stereocenters. The van der Waals surface area contributed by atoms with Crippen LogP contribution in [0.3, 0.4) is 0 Å². The van der Waals surface area contributed by atoms with Crippen molar-refractivity contribution in [1.29, 1.82) is 0 Å². The second kappa shape index (κ2) is 6.71. The van der Waals surface area contributed by atoms with Crippen molar-refractivity contribution in [1.82, 2.24) is 4.57 Å². The van der Waals surface area contributed by atoms with Crippen LogP contribution in [0.1, 0.15) is 12.0 Å². The van der Waals surface area contributed by atoms with E-state index in [0.717, 1.165) is 5.56 Å². The molecule has 0 N–H and O–H groups in total. The van der Waals surface area contributed by atoms with E-state index in [4.69, 9.17) is 20.8 Å². The summed E-state index contributed by atoms with van der Waals surface area (Å²) in [6.45, 7) is 0.395. The maximum atomic E-state index is 11.8. The monoisotopic (exact) mass is 331 g/mol. The average molecular weight is 332 g/mol. The van der Waals surface area contributed by atoms with Gasteiger partial charge < -0.3 is 9.15 Å². The van der Waals surface area contributed by atoms with Gasteiger partial charge in [-0.2, -0.15) is 0 Å². The number of carbonyl (C=O) groups excluding carboxylic acids is 1. The Balaban J connectivity index is 1.59. The van der Waals surface area contributed by atoms with Crippen LogP contribution in [0, 0.1) is 0 Å². The first-order valence-corrected chi connectivity index (χ1v) is 7.50. The molecule has 0 radical (unpaired) electrons. The highest BCUT2D eigenvalue weighted by Crippen LogP contribution is 2.13. The first-order chi connectivity index (χ1) is 11.1. The first-order valence-electron chi connectivity index (χ1n) is 7.12. The van der Waals surface area contributed by atoms with Gasteiger partial charge in [-0.15, -0.1) is 0 Å². The Morgan fingerprint density at radius 2 is 1.87 bits per heavy atom. The number of rotatable bonds is 5. The van der Waals surface area contributed by atoms with Crippen molar-refractivity contribution in [2.24, 2.45) is 0 Å². The van der Waals surface area contributed by atoms with E-state index in [1.165, 1.54) is 4.57 Å². The Kier molecular flexibility index (Phi) is 4.48. The smallest absolute Gasteiger partial charge is 0.419 e. The van der Waals surface area contributed by atoms with Gasteiger partial charge >= 0.3 is 11.7 Å². The summed E-state index contributed by atoms with van der Waals surface area (Å²) in [6.07, 6.45) is 0.0943. The second-order valence-corrected chi connectivity index (χ2v) is 5.46. The van der Waals surface area contributed by atoms with Crippen LogP contribution in [0.15, 0.2) is 57.7 Å². The SMILES string of the molecule is O=C(CCn1c(=O)oc2ccccc21)OCc1ccc(Cl)cc1.